The molecule has 0 aromatic rings. The van der Waals surface area contributed by atoms with E-state index >= 15 is 0 Å². The molecule has 0 aliphatic heterocycles. The second-order valence-corrected chi connectivity index (χ2v) is 3.34. The van der Waals surface area contributed by atoms with Gasteiger partial charge in [0, 0.05) is 0 Å². The van der Waals surface area contributed by atoms with Gasteiger partial charge in [0.05, 0.1) is 13.1 Å². The predicted octanol–water partition coefficient (Wildman–Crippen LogP) is 1.70. The molecule has 0 aliphatic carbocycles. The number of rotatable bonds is 7. The lowest BCUT2D eigenvalue weighted by molar-refractivity contribution is -0.0234. The average Bonchev–Trinajstić information content (AvgIpc) is 2.05. The standard InChI is InChI=1S/C9H20F2N2/c1-3-5-13(6-4-2)8-9(10,11)7-12/h3-8,12H2,1-2H3. The molecule has 0 aromatic heterocycles. The molecule has 0 spiro atoms. The quantitative estimate of drug-likeness (QED) is 0.668. The van der Waals surface area contributed by atoms with Gasteiger partial charge in [0.2, 0.25) is 0 Å². The Bertz CT molecular complexity index is 123. The van der Waals surface area contributed by atoms with Crippen molar-refractivity contribution in [2.24, 2.45) is 5.73 Å². The van der Waals surface area contributed by atoms with Crippen LogP contribution < -0.4 is 5.73 Å². The fourth-order valence-electron chi connectivity index (χ4n) is 1.29. The Kier molecular flexibility index (Phi) is 6.16. The number of nitrogens with zero attached hydrogens (tertiary/aromatic N) is 1. The van der Waals surface area contributed by atoms with Crippen molar-refractivity contribution < 1.29 is 8.78 Å². The maximum Gasteiger partial charge on any atom is 0.272 e. The van der Waals surface area contributed by atoms with Crippen LogP contribution in [0.1, 0.15) is 26.7 Å². The SMILES string of the molecule is CCCN(CCC)CC(F)(F)CN. The lowest BCUT2D eigenvalue weighted by Gasteiger charge is -2.25. The summed E-state index contributed by atoms with van der Waals surface area (Å²) in [5.41, 5.74) is 4.97. The molecule has 0 saturated carbocycles. The molecule has 0 fully saturated rings. The summed E-state index contributed by atoms with van der Waals surface area (Å²) < 4.78 is 25.8. The number of alkyl halides is 2. The normalized spacial score (nSPS) is 12.5. The Hall–Kier alpha value is -0.220. The molecule has 0 rings (SSSR count). The summed E-state index contributed by atoms with van der Waals surface area (Å²) in [5.74, 6) is -2.73. The van der Waals surface area contributed by atoms with E-state index < -0.39 is 12.5 Å². The van der Waals surface area contributed by atoms with Crippen molar-refractivity contribution in [1.29, 1.82) is 0 Å². The van der Waals surface area contributed by atoms with Gasteiger partial charge in [-0.25, -0.2) is 8.78 Å². The molecule has 0 unspecified atom stereocenters. The zero-order chi connectivity index (χ0) is 10.3. The number of nitrogens with two attached hydrogens (primary N) is 1. The summed E-state index contributed by atoms with van der Waals surface area (Å²) in [5, 5.41) is 0. The molecule has 13 heavy (non-hydrogen) atoms. The van der Waals surface area contributed by atoms with Crippen LogP contribution in [0.3, 0.4) is 0 Å². The minimum atomic E-state index is -2.73. The summed E-state index contributed by atoms with van der Waals surface area (Å²) in [6.07, 6.45) is 1.81. The van der Waals surface area contributed by atoms with Crippen molar-refractivity contribution in [3.05, 3.63) is 0 Å². The van der Waals surface area contributed by atoms with Crippen LogP contribution in [0.2, 0.25) is 0 Å². The monoisotopic (exact) mass is 194 g/mol. The zero-order valence-electron chi connectivity index (χ0n) is 8.52. The van der Waals surface area contributed by atoms with Crippen molar-refractivity contribution in [1.82, 2.24) is 4.90 Å². The molecule has 80 valence electrons. The second kappa shape index (κ2) is 6.27. The van der Waals surface area contributed by atoms with E-state index in [0.717, 1.165) is 25.9 Å². The average molecular weight is 194 g/mol. The van der Waals surface area contributed by atoms with E-state index in [1.807, 2.05) is 13.8 Å². The van der Waals surface area contributed by atoms with Gasteiger partial charge in [-0.05, 0) is 25.9 Å². The van der Waals surface area contributed by atoms with E-state index in [1.54, 1.807) is 4.90 Å². The molecule has 0 heterocycles. The second-order valence-electron chi connectivity index (χ2n) is 3.34. The molecule has 0 radical (unpaired) electrons. The van der Waals surface area contributed by atoms with Crippen molar-refractivity contribution in [3.63, 3.8) is 0 Å². The van der Waals surface area contributed by atoms with Gasteiger partial charge in [0.25, 0.3) is 5.92 Å². The van der Waals surface area contributed by atoms with Gasteiger partial charge in [-0.1, -0.05) is 13.8 Å². The van der Waals surface area contributed by atoms with Crippen LogP contribution in [-0.4, -0.2) is 37.0 Å². The Labute approximate surface area is 79.1 Å². The maximum atomic E-state index is 12.9. The van der Waals surface area contributed by atoms with Gasteiger partial charge < -0.3 is 5.73 Å². The number of halogens is 2. The first kappa shape index (κ1) is 12.8. The van der Waals surface area contributed by atoms with Gasteiger partial charge >= 0.3 is 0 Å². The van der Waals surface area contributed by atoms with E-state index in [9.17, 15) is 8.78 Å². The highest BCUT2D eigenvalue weighted by Gasteiger charge is 2.28. The first-order chi connectivity index (χ1) is 6.05. The van der Waals surface area contributed by atoms with Crippen LogP contribution in [0.5, 0.6) is 0 Å². The Morgan fingerprint density at radius 3 is 1.92 bits per heavy atom. The first-order valence-corrected chi connectivity index (χ1v) is 4.86. The fraction of sp³-hybridized carbons (Fsp3) is 1.00. The molecular formula is C9H20F2N2. The van der Waals surface area contributed by atoms with Gasteiger partial charge in [-0.15, -0.1) is 0 Å². The van der Waals surface area contributed by atoms with Crippen molar-refractivity contribution in [2.45, 2.75) is 32.6 Å². The van der Waals surface area contributed by atoms with Crippen LogP contribution in [0.15, 0.2) is 0 Å². The molecule has 0 aromatic carbocycles. The van der Waals surface area contributed by atoms with Gasteiger partial charge in [0.15, 0.2) is 0 Å². The van der Waals surface area contributed by atoms with Crippen LogP contribution in [0, 0.1) is 0 Å². The maximum absolute atomic E-state index is 12.9. The van der Waals surface area contributed by atoms with Crippen LogP contribution in [0.25, 0.3) is 0 Å². The molecule has 4 heteroatoms. The highest BCUT2D eigenvalue weighted by Crippen LogP contribution is 2.13. The van der Waals surface area contributed by atoms with Crippen molar-refractivity contribution in [3.8, 4) is 0 Å². The van der Waals surface area contributed by atoms with Crippen LogP contribution in [-0.2, 0) is 0 Å². The topological polar surface area (TPSA) is 29.3 Å². The van der Waals surface area contributed by atoms with Crippen LogP contribution in [0.4, 0.5) is 8.78 Å². The van der Waals surface area contributed by atoms with Crippen LogP contribution >= 0.6 is 0 Å². The number of hydrogen-bond donors (Lipinski definition) is 1. The molecule has 2 nitrogen and oxygen atoms in total. The predicted molar refractivity (Wildman–Crippen MR) is 51.0 cm³/mol. The molecule has 0 amide bonds. The summed E-state index contributed by atoms with van der Waals surface area (Å²) in [4.78, 5) is 1.77. The molecule has 0 saturated heterocycles. The lowest BCUT2D eigenvalue weighted by Crippen LogP contribution is -2.42. The zero-order valence-corrected chi connectivity index (χ0v) is 8.52. The third-order valence-corrected chi connectivity index (χ3v) is 1.83. The van der Waals surface area contributed by atoms with E-state index in [0.29, 0.717) is 0 Å². The summed E-state index contributed by atoms with van der Waals surface area (Å²) in [7, 11) is 0. The van der Waals surface area contributed by atoms with E-state index in [-0.39, 0.29) is 6.54 Å². The third kappa shape index (κ3) is 5.93. The van der Waals surface area contributed by atoms with Crippen molar-refractivity contribution in [2.75, 3.05) is 26.2 Å². The fourth-order valence-corrected chi connectivity index (χ4v) is 1.29. The lowest BCUT2D eigenvalue weighted by atomic mass is 10.2. The van der Waals surface area contributed by atoms with Crippen molar-refractivity contribution >= 4 is 0 Å². The minimum absolute atomic E-state index is 0.203. The van der Waals surface area contributed by atoms with E-state index in [1.165, 1.54) is 0 Å². The molecule has 0 bridgehead atoms. The highest BCUT2D eigenvalue weighted by molar-refractivity contribution is 4.72. The first-order valence-electron chi connectivity index (χ1n) is 4.86. The smallest absolute Gasteiger partial charge is 0.272 e. The Morgan fingerprint density at radius 1 is 1.15 bits per heavy atom. The van der Waals surface area contributed by atoms with E-state index in [4.69, 9.17) is 5.73 Å². The number of hydrogen-bond acceptors (Lipinski definition) is 2. The van der Waals surface area contributed by atoms with E-state index in [2.05, 4.69) is 0 Å². The highest BCUT2D eigenvalue weighted by atomic mass is 19.3. The third-order valence-electron chi connectivity index (χ3n) is 1.83. The van der Waals surface area contributed by atoms with Gasteiger partial charge in [-0.2, -0.15) is 0 Å². The summed E-state index contributed by atoms with van der Waals surface area (Å²) in [6.45, 7) is 4.67. The Morgan fingerprint density at radius 2 is 1.62 bits per heavy atom. The summed E-state index contributed by atoms with van der Waals surface area (Å²) >= 11 is 0. The molecule has 0 atom stereocenters. The summed E-state index contributed by atoms with van der Waals surface area (Å²) in [6, 6.07) is 0. The molecule has 2 N–H and O–H groups in total. The van der Waals surface area contributed by atoms with Gasteiger partial charge in [-0.3, -0.25) is 4.90 Å². The van der Waals surface area contributed by atoms with Gasteiger partial charge in [0.1, 0.15) is 0 Å². The largest absolute Gasteiger partial charge is 0.325 e. The molecule has 0 aliphatic rings. The Balaban J connectivity index is 3.92. The minimum Gasteiger partial charge on any atom is -0.325 e. The molecular weight excluding hydrogens is 174 g/mol.